The van der Waals surface area contributed by atoms with E-state index in [-0.39, 0.29) is 35.9 Å². The lowest BCUT2D eigenvalue weighted by Gasteiger charge is -2.37. The zero-order chi connectivity index (χ0) is 19.3. The molecule has 1 aromatic rings. The van der Waals surface area contributed by atoms with Gasteiger partial charge in [-0.05, 0) is 38.3 Å². The quantitative estimate of drug-likeness (QED) is 0.453. The fraction of sp³-hybridized carbons (Fsp3) is 0.667. The molecule has 1 aromatic carbocycles. The van der Waals surface area contributed by atoms with Gasteiger partial charge in [0.15, 0.2) is 0 Å². The predicted octanol–water partition coefficient (Wildman–Crippen LogP) is 1.89. The van der Waals surface area contributed by atoms with Crippen molar-refractivity contribution in [2.24, 2.45) is 5.92 Å². The van der Waals surface area contributed by atoms with Crippen molar-refractivity contribution in [2.75, 3.05) is 19.6 Å². The number of hydrogen-bond acceptors (Lipinski definition) is 5. The van der Waals surface area contributed by atoms with E-state index in [1.54, 1.807) is 0 Å². The zero-order valence-electron chi connectivity index (χ0n) is 17.3. The van der Waals surface area contributed by atoms with Gasteiger partial charge in [-0.2, -0.15) is 0 Å². The highest BCUT2D eigenvalue weighted by atomic mass is 35.5. The van der Waals surface area contributed by atoms with E-state index in [0.29, 0.717) is 18.5 Å². The average Bonchev–Trinajstić information content (AvgIpc) is 3.16. The van der Waals surface area contributed by atoms with Gasteiger partial charge in [0.25, 0.3) is 0 Å². The third-order valence-corrected chi connectivity index (χ3v) is 6.44. The maximum atomic E-state index is 12.9. The van der Waals surface area contributed by atoms with Crippen molar-refractivity contribution in [3.63, 3.8) is 0 Å². The summed E-state index contributed by atoms with van der Waals surface area (Å²) in [5, 5.41) is 10.4. The van der Waals surface area contributed by atoms with Crippen LogP contribution in [0.4, 0.5) is 0 Å². The van der Waals surface area contributed by atoms with Crippen molar-refractivity contribution in [1.82, 2.24) is 26.8 Å². The van der Waals surface area contributed by atoms with Crippen LogP contribution >= 0.6 is 12.4 Å². The van der Waals surface area contributed by atoms with E-state index in [0.717, 1.165) is 32.4 Å². The number of rotatable bonds is 8. The van der Waals surface area contributed by atoms with Crippen LogP contribution in [0.1, 0.15) is 51.6 Å². The van der Waals surface area contributed by atoms with E-state index >= 15 is 0 Å². The smallest absolute Gasteiger partial charge is 0.238 e. The molecule has 3 rings (SSSR count). The second-order valence-corrected chi connectivity index (χ2v) is 8.01. The average molecular weight is 410 g/mol. The first-order chi connectivity index (χ1) is 13.1. The Labute approximate surface area is 175 Å². The van der Waals surface area contributed by atoms with Gasteiger partial charge in [-0.15, -0.1) is 12.4 Å². The Balaban J connectivity index is 0.00000280. The predicted molar refractivity (Wildman–Crippen MR) is 116 cm³/mol. The number of halogens is 1. The van der Waals surface area contributed by atoms with Crippen molar-refractivity contribution < 1.29 is 4.79 Å². The summed E-state index contributed by atoms with van der Waals surface area (Å²) < 4.78 is 0. The van der Waals surface area contributed by atoms with Gasteiger partial charge in [-0.25, -0.2) is 5.43 Å². The second kappa shape index (κ2) is 10.6. The fourth-order valence-corrected chi connectivity index (χ4v) is 4.38. The summed E-state index contributed by atoms with van der Waals surface area (Å²) in [6, 6.07) is 10.9. The number of carbonyl (C=O) groups is 1. The van der Waals surface area contributed by atoms with Crippen molar-refractivity contribution in [3.05, 3.63) is 35.9 Å². The molecule has 2 aliphatic rings. The summed E-state index contributed by atoms with van der Waals surface area (Å²) in [6.07, 6.45) is 2.99. The number of carbonyl (C=O) groups excluding carboxylic acids is 1. The highest BCUT2D eigenvalue weighted by Crippen LogP contribution is 2.23. The molecule has 2 fully saturated rings. The number of hydrogen-bond donors (Lipinski definition) is 5. The molecule has 0 aliphatic carbocycles. The van der Waals surface area contributed by atoms with Crippen LogP contribution in [0.2, 0.25) is 0 Å². The van der Waals surface area contributed by atoms with Gasteiger partial charge in [0.2, 0.25) is 5.91 Å². The molecule has 0 bridgehead atoms. The lowest BCUT2D eigenvalue weighted by molar-refractivity contribution is -0.124. The summed E-state index contributed by atoms with van der Waals surface area (Å²) in [7, 11) is 0. The number of piperidine rings is 1. The Kier molecular flexibility index (Phi) is 8.71. The maximum Gasteiger partial charge on any atom is 0.238 e. The van der Waals surface area contributed by atoms with Gasteiger partial charge < -0.3 is 16.0 Å². The van der Waals surface area contributed by atoms with Crippen LogP contribution in [-0.2, 0) is 4.79 Å². The summed E-state index contributed by atoms with van der Waals surface area (Å²) >= 11 is 0. The Hall–Kier alpha value is -1.18. The van der Waals surface area contributed by atoms with E-state index in [2.05, 4.69) is 71.8 Å². The van der Waals surface area contributed by atoms with Gasteiger partial charge in [-0.3, -0.25) is 10.2 Å². The van der Waals surface area contributed by atoms with Crippen molar-refractivity contribution in [3.8, 4) is 0 Å². The van der Waals surface area contributed by atoms with Gasteiger partial charge in [-0.1, -0.05) is 44.2 Å². The Bertz CT molecular complexity index is 610. The topological polar surface area (TPSA) is 77.2 Å². The molecule has 2 heterocycles. The molecule has 4 unspecified atom stereocenters. The normalized spacial score (nSPS) is 25.5. The number of nitrogens with one attached hydrogen (secondary N) is 5. The SMILES string of the molecule is CCC(CC)(CNC(=O)C1NNC2CCNCC21)NC(C)c1ccccc1.Cl. The van der Waals surface area contributed by atoms with Gasteiger partial charge >= 0.3 is 0 Å². The summed E-state index contributed by atoms with van der Waals surface area (Å²) in [4.78, 5) is 12.9. The first kappa shape index (κ1) is 23.1. The van der Waals surface area contributed by atoms with Crippen LogP contribution in [0.3, 0.4) is 0 Å². The number of benzene rings is 1. The molecule has 4 atom stereocenters. The fourth-order valence-electron chi connectivity index (χ4n) is 4.38. The number of hydrazine groups is 1. The zero-order valence-corrected chi connectivity index (χ0v) is 18.1. The minimum Gasteiger partial charge on any atom is -0.353 e. The molecular weight excluding hydrogens is 374 g/mol. The van der Waals surface area contributed by atoms with Crippen molar-refractivity contribution in [1.29, 1.82) is 0 Å². The highest BCUT2D eigenvalue weighted by Gasteiger charge is 2.41. The summed E-state index contributed by atoms with van der Waals surface area (Å²) in [6.45, 7) is 9.11. The minimum absolute atomic E-state index is 0. The Morgan fingerprint density at radius 2 is 1.93 bits per heavy atom. The van der Waals surface area contributed by atoms with Crippen molar-refractivity contribution in [2.45, 2.75) is 63.7 Å². The molecular formula is C21H36ClN5O. The van der Waals surface area contributed by atoms with E-state index < -0.39 is 0 Å². The lowest BCUT2D eigenvalue weighted by atomic mass is 9.88. The van der Waals surface area contributed by atoms with Crippen LogP contribution in [-0.4, -0.2) is 43.2 Å². The highest BCUT2D eigenvalue weighted by molar-refractivity contribution is 5.85. The van der Waals surface area contributed by atoms with Crippen LogP contribution in [0, 0.1) is 5.92 Å². The largest absolute Gasteiger partial charge is 0.353 e. The van der Waals surface area contributed by atoms with Crippen LogP contribution in [0.25, 0.3) is 0 Å². The third kappa shape index (κ3) is 5.24. The Morgan fingerprint density at radius 1 is 1.21 bits per heavy atom. The Morgan fingerprint density at radius 3 is 2.61 bits per heavy atom. The molecule has 0 saturated carbocycles. The number of amides is 1. The van der Waals surface area contributed by atoms with E-state index in [4.69, 9.17) is 0 Å². The molecule has 2 aliphatic heterocycles. The molecule has 0 spiro atoms. The van der Waals surface area contributed by atoms with Crippen LogP contribution < -0.4 is 26.8 Å². The molecule has 0 radical (unpaired) electrons. The molecule has 7 heteroatoms. The molecule has 158 valence electrons. The van der Waals surface area contributed by atoms with Crippen LogP contribution in [0.5, 0.6) is 0 Å². The van der Waals surface area contributed by atoms with Crippen molar-refractivity contribution >= 4 is 18.3 Å². The van der Waals surface area contributed by atoms with Crippen LogP contribution in [0.15, 0.2) is 30.3 Å². The number of fused-ring (bicyclic) bond motifs is 1. The molecule has 2 saturated heterocycles. The monoisotopic (exact) mass is 409 g/mol. The minimum atomic E-state index is -0.166. The molecule has 0 aromatic heterocycles. The van der Waals surface area contributed by atoms with Gasteiger partial charge in [0.05, 0.1) is 0 Å². The summed E-state index contributed by atoms with van der Waals surface area (Å²) in [5.74, 6) is 0.409. The van der Waals surface area contributed by atoms with E-state index in [1.807, 2.05) is 6.07 Å². The molecule has 5 N–H and O–H groups in total. The molecule has 6 nitrogen and oxygen atoms in total. The summed E-state index contributed by atoms with van der Waals surface area (Å²) in [5.41, 5.74) is 7.68. The molecule has 28 heavy (non-hydrogen) atoms. The standard InChI is InChI=1S/C21H35N5O.ClH/c1-4-21(5-2,24-15(3)16-9-7-6-8-10-16)14-23-20(27)19-17-13-22-12-11-18(17)25-26-19;/h6-10,15,17-19,22,24-26H,4-5,11-14H2,1-3H3,(H,23,27);1H. The van der Waals surface area contributed by atoms with E-state index in [9.17, 15) is 4.79 Å². The van der Waals surface area contributed by atoms with Gasteiger partial charge in [0, 0.05) is 36.6 Å². The first-order valence-electron chi connectivity index (χ1n) is 10.4. The molecule has 1 amide bonds. The van der Waals surface area contributed by atoms with Gasteiger partial charge in [0.1, 0.15) is 6.04 Å². The second-order valence-electron chi connectivity index (χ2n) is 8.01. The lowest BCUT2D eigenvalue weighted by Crippen LogP contribution is -2.57. The maximum absolute atomic E-state index is 12.9. The first-order valence-corrected chi connectivity index (χ1v) is 10.4. The third-order valence-electron chi connectivity index (χ3n) is 6.44. The van der Waals surface area contributed by atoms with E-state index in [1.165, 1.54) is 5.56 Å².